The van der Waals surface area contributed by atoms with Crippen LogP contribution < -0.4 is 0 Å². The summed E-state index contributed by atoms with van der Waals surface area (Å²) in [6.07, 6.45) is 2.26. The third-order valence-corrected chi connectivity index (χ3v) is 4.39. The molecule has 1 atom stereocenters. The van der Waals surface area contributed by atoms with Gasteiger partial charge in [0.05, 0.1) is 6.10 Å². The highest BCUT2D eigenvalue weighted by Crippen LogP contribution is 2.41. The summed E-state index contributed by atoms with van der Waals surface area (Å²) in [6, 6.07) is 0. The molecule has 1 aliphatic rings. The van der Waals surface area contributed by atoms with E-state index in [-0.39, 0.29) is 11.6 Å². The van der Waals surface area contributed by atoms with Crippen molar-refractivity contribution in [3.8, 4) is 0 Å². The number of hydrogen-bond donors (Lipinski definition) is 1. The van der Waals surface area contributed by atoms with Gasteiger partial charge in [0.1, 0.15) is 0 Å². The van der Waals surface area contributed by atoms with Crippen molar-refractivity contribution in [2.24, 2.45) is 5.41 Å². The first-order chi connectivity index (χ1) is 6.38. The van der Waals surface area contributed by atoms with Crippen molar-refractivity contribution in [3.63, 3.8) is 0 Å². The SMILES string of the molecule is CCC1(CC)CN(C(C)(C)C(C)O)C1. The fraction of sp³-hybridized carbons (Fsp3) is 1.00. The predicted octanol–water partition coefficient (Wildman–Crippen LogP) is 2.27. The lowest BCUT2D eigenvalue weighted by atomic mass is 9.72. The van der Waals surface area contributed by atoms with Gasteiger partial charge in [0, 0.05) is 18.6 Å². The van der Waals surface area contributed by atoms with Crippen LogP contribution in [0.3, 0.4) is 0 Å². The van der Waals surface area contributed by atoms with Gasteiger partial charge in [-0.05, 0) is 39.0 Å². The molecule has 0 amide bonds. The Morgan fingerprint density at radius 2 is 1.71 bits per heavy atom. The number of nitrogens with zero attached hydrogens (tertiary/aromatic N) is 1. The Morgan fingerprint density at radius 1 is 1.29 bits per heavy atom. The third-order valence-electron chi connectivity index (χ3n) is 4.39. The van der Waals surface area contributed by atoms with E-state index in [0.29, 0.717) is 5.41 Å². The fourth-order valence-electron chi connectivity index (χ4n) is 2.13. The zero-order valence-electron chi connectivity index (χ0n) is 10.3. The molecule has 1 unspecified atom stereocenters. The number of rotatable bonds is 4. The standard InChI is InChI=1S/C12H25NO/c1-6-12(7-2)8-13(9-12)11(4,5)10(3)14/h10,14H,6-9H2,1-5H3. The fourth-order valence-corrected chi connectivity index (χ4v) is 2.13. The molecule has 0 aromatic rings. The van der Waals surface area contributed by atoms with Gasteiger partial charge in [-0.15, -0.1) is 0 Å². The average molecular weight is 199 g/mol. The van der Waals surface area contributed by atoms with Crippen LogP contribution in [-0.2, 0) is 0 Å². The second-order valence-corrected chi connectivity index (χ2v) is 5.39. The highest BCUT2D eigenvalue weighted by molar-refractivity contribution is 5.01. The van der Waals surface area contributed by atoms with Crippen LogP contribution in [0.4, 0.5) is 0 Å². The Kier molecular flexibility index (Phi) is 3.27. The first kappa shape index (κ1) is 12.0. The summed E-state index contributed by atoms with van der Waals surface area (Å²) >= 11 is 0. The third kappa shape index (κ3) is 1.82. The summed E-state index contributed by atoms with van der Waals surface area (Å²) in [5, 5.41) is 9.69. The molecule has 1 rings (SSSR count). The molecule has 2 nitrogen and oxygen atoms in total. The van der Waals surface area contributed by atoms with E-state index in [0.717, 1.165) is 13.1 Å². The highest BCUT2D eigenvalue weighted by Gasteiger charge is 2.47. The summed E-state index contributed by atoms with van der Waals surface area (Å²) in [6.45, 7) is 13.0. The Labute approximate surface area is 88.3 Å². The first-order valence-corrected chi connectivity index (χ1v) is 5.81. The maximum Gasteiger partial charge on any atom is 0.0690 e. The van der Waals surface area contributed by atoms with Gasteiger partial charge in [0.15, 0.2) is 0 Å². The summed E-state index contributed by atoms with van der Waals surface area (Å²) in [7, 11) is 0. The van der Waals surface area contributed by atoms with Crippen molar-refractivity contribution in [3.05, 3.63) is 0 Å². The normalized spacial score (nSPS) is 24.4. The van der Waals surface area contributed by atoms with Gasteiger partial charge in [-0.2, -0.15) is 0 Å². The number of aliphatic hydroxyl groups excluding tert-OH is 1. The predicted molar refractivity (Wildman–Crippen MR) is 60.3 cm³/mol. The van der Waals surface area contributed by atoms with Crippen LogP contribution in [0.15, 0.2) is 0 Å². The molecule has 1 aliphatic heterocycles. The lowest BCUT2D eigenvalue weighted by Gasteiger charge is -2.57. The molecule has 1 heterocycles. The molecular formula is C12H25NO. The minimum atomic E-state index is -0.255. The Bertz CT molecular complexity index is 186. The van der Waals surface area contributed by atoms with E-state index in [1.807, 2.05) is 6.92 Å². The van der Waals surface area contributed by atoms with Crippen LogP contribution in [0.25, 0.3) is 0 Å². The molecule has 0 aromatic heterocycles. The van der Waals surface area contributed by atoms with Crippen LogP contribution in [0, 0.1) is 5.41 Å². The molecule has 0 saturated carbocycles. The van der Waals surface area contributed by atoms with Crippen molar-refractivity contribution in [1.82, 2.24) is 4.90 Å². The summed E-state index contributed by atoms with van der Waals surface area (Å²) in [4.78, 5) is 2.41. The topological polar surface area (TPSA) is 23.5 Å². The second kappa shape index (κ2) is 3.82. The minimum absolute atomic E-state index is 0.0617. The summed E-state index contributed by atoms with van der Waals surface area (Å²) in [5.41, 5.74) is 0.472. The number of aliphatic hydroxyl groups is 1. The molecule has 0 bridgehead atoms. The van der Waals surface area contributed by atoms with Gasteiger partial charge in [-0.1, -0.05) is 13.8 Å². The molecule has 1 N–H and O–H groups in total. The van der Waals surface area contributed by atoms with Crippen LogP contribution in [0.2, 0.25) is 0 Å². The molecule has 1 saturated heterocycles. The summed E-state index contributed by atoms with van der Waals surface area (Å²) in [5.74, 6) is 0. The van der Waals surface area contributed by atoms with E-state index in [1.165, 1.54) is 12.8 Å². The molecule has 0 aromatic carbocycles. The molecule has 2 heteroatoms. The smallest absolute Gasteiger partial charge is 0.0690 e. The van der Waals surface area contributed by atoms with E-state index >= 15 is 0 Å². The van der Waals surface area contributed by atoms with Crippen molar-refractivity contribution in [2.45, 2.75) is 59.1 Å². The number of hydrogen-bond acceptors (Lipinski definition) is 2. The Morgan fingerprint density at radius 3 is 2.00 bits per heavy atom. The van der Waals surface area contributed by atoms with E-state index in [1.54, 1.807) is 0 Å². The lowest BCUT2D eigenvalue weighted by Crippen LogP contribution is -2.66. The maximum absolute atomic E-state index is 9.69. The van der Waals surface area contributed by atoms with Gasteiger partial charge in [0.2, 0.25) is 0 Å². The Hall–Kier alpha value is -0.0800. The van der Waals surface area contributed by atoms with Crippen molar-refractivity contribution in [1.29, 1.82) is 0 Å². The lowest BCUT2D eigenvalue weighted by molar-refractivity contribution is -0.109. The second-order valence-electron chi connectivity index (χ2n) is 5.39. The first-order valence-electron chi connectivity index (χ1n) is 5.81. The van der Waals surface area contributed by atoms with Crippen molar-refractivity contribution < 1.29 is 5.11 Å². The largest absolute Gasteiger partial charge is 0.392 e. The van der Waals surface area contributed by atoms with E-state index < -0.39 is 0 Å². The molecular weight excluding hydrogens is 174 g/mol. The van der Waals surface area contributed by atoms with Gasteiger partial charge in [0.25, 0.3) is 0 Å². The minimum Gasteiger partial charge on any atom is -0.392 e. The van der Waals surface area contributed by atoms with E-state index in [2.05, 4.69) is 32.6 Å². The van der Waals surface area contributed by atoms with Gasteiger partial charge in [-0.25, -0.2) is 0 Å². The molecule has 14 heavy (non-hydrogen) atoms. The number of likely N-dealkylation sites (tertiary alicyclic amines) is 1. The summed E-state index contributed by atoms with van der Waals surface area (Å²) < 4.78 is 0. The average Bonchev–Trinajstić information content (AvgIpc) is 2.03. The molecule has 0 aliphatic carbocycles. The molecule has 84 valence electrons. The van der Waals surface area contributed by atoms with E-state index in [4.69, 9.17) is 0 Å². The monoisotopic (exact) mass is 199 g/mol. The van der Waals surface area contributed by atoms with Crippen molar-refractivity contribution in [2.75, 3.05) is 13.1 Å². The zero-order valence-corrected chi connectivity index (χ0v) is 10.3. The van der Waals surface area contributed by atoms with E-state index in [9.17, 15) is 5.11 Å². The van der Waals surface area contributed by atoms with Crippen molar-refractivity contribution >= 4 is 0 Å². The molecule has 1 fully saturated rings. The molecule has 0 radical (unpaired) electrons. The van der Waals surface area contributed by atoms with Gasteiger partial charge >= 0.3 is 0 Å². The zero-order chi connectivity index (χ0) is 11.0. The highest BCUT2D eigenvalue weighted by atomic mass is 16.3. The quantitative estimate of drug-likeness (QED) is 0.751. The van der Waals surface area contributed by atoms with Crippen LogP contribution >= 0.6 is 0 Å². The van der Waals surface area contributed by atoms with Crippen LogP contribution in [0.1, 0.15) is 47.5 Å². The van der Waals surface area contributed by atoms with Gasteiger partial charge < -0.3 is 5.11 Å². The van der Waals surface area contributed by atoms with Crippen LogP contribution in [-0.4, -0.2) is 34.7 Å². The van der Waals surface area contributed by atoms with Crippen LogP contribution in [0.5, 0.6) is 0 Å². The van der Waals surface area contributed by atoms with Gasteiger partial charge in [-0.3, -0.25) is 4.90 Å². The molecule has 0 spiro atoms. The maximum atomic E-state index is 9.69. The Balaban J connectivity index is 2.55.